The van der Waals surface area contributed by atoms with E-state index in [0.717, 1.165) is 25.7 Å². The Morgan fingerprint density at radius 1 is 1.22 bits per heavy atom. The van der Waals surface area contributed by atoms with Crippen molar-refractivity contribution in [3.8, 4) is 0 Å². The van der Waals surface area contributed by atoms with E-state index in [0.29, 0.717) is 31.8 Å². The second-order valence-electron chi connectivity index (χ2n) is 7.69. The van der Waals surface area contributed by atoms with Crippen LogP contribution in [0.15, 0.2) is 0 Å². The van der Waals surface area contributed by atoms with Gasteiger partial charge in [-0.05, 0) is 44.6 Å². The minimum atomic E-state index is -3.43. The molecule has 1 aliphatic heterocycles. The highest BCUT2D eigenvalue weighted by Crippen LogP contribution is 2.32. The van der Waals surface area contributed by atoms with Crippen molar-refractivity contribution in [1.29, 1.82) is 0 Å². The lowest BCUT2D eigenvalue weighted by molar-refractivity contribution is -0.132. The second-order valence-corrected chi connectivity index (χ2v) is 10.0. The van der Waals surface area contributed by atoms with E-state index in [9.17, 15) is 13.2 Å². The van der Waals surface area contributed by atoms with Crippen LogP contribution in [-0.4, -0.2) is 48.9 Å². The summed E-state index contributed by atoms with van der Waals surface area (Å²) in [6.07, 6.45) is 5.31. The van der Waals surface area contributed by atoms with Gasteiger partial charge in [0.05, 0.1) is 5.25 Å². The van der Waals surface area contributed by atoms with Gasteiger partial charge in [-0.1, -0.05) is 33.1 Å². The molecule has 6 heteroatoms. The first-order valence-corrected chi connectivity index (χ1v) is 10.6. The van der Waals surface area contributed by atoms with E-state index in [1.54, 1.807) is 4.90 Å². The molecule has 2 aliphatic rings. The molecule has 1 amide bonds. The Kier molecular flexibility index (Phi) is 6.11. The van der Waals surface area contributed by atoms with Gasteiger partial charge in [0, 0.05) is 12.6 Å². The highest BCUT2D eigenvalue weighted by molar-refractivity contribution is 7.93. The minimum absolute atomic E-state index is 0.0823. The third-order valence-corrected chi connectivity index (χ3v) is 8.35. The molecule has 2 N–H and O–H groups in total. The molecular weight excluding hydrogens is 312 g/mol. The summed E-state index contributed by atoms with van der Waals surface area (Å²) in [7, 11) is -3.43. The van der Waals surface area contributed by atoms with Crippen molar-refractivity contribution in [2.75, 3.05) is 13.1 Å². The molecule has 1 saturated carbocycles. The fourth-order valence-electron chi connectivity index (χ4n) is 4.19. The summed E-state index contributed by atoms with van der Waals surface area (Å²) in [6, 6.07) is 0.0823. The van der Waals surface area contributed by atoms with Crippen molar-refractivity contribution in [2.24, 2.45) is 17.6 Å². The van der Waals surface area contributed by atoms with Crippen molar-refractivity contribution in [2.45, 2.75) is 75.8 Å². The standard InChI is InChI=1S/C17H32N2O3S/c1-12(2)16(23(21,22)15-7-5-4-6-8-15)17(20)19-11-14(10-18)9-13(19)3/h12-16H,4-11,18H2,1-3H3. The molecule has 3 unspecified atom stereocenters. The SMILES string of the molecule is CC(C)C(C(=O)N1CC(CN)CC1C)S(=O)(=O)C1CCCCC1. The number of carbonyl (C=O) groups excluding carboxylic acids is 1. The van der Waals surface area contributed by atoms with Gasteiger partial charge in [0.25, 0.3) is 0 Å². The predicted octanol–water partition coefficient (Wildman–Crippen LogP) is 1.95. The lowest BCUT2D eigenvalue weighted by Gasteiger charge is -2.32. The predicted molar refractivity (Wildman–Crippen MR) is 92.8 cm³/mol. The lowest BCUT2D eigenvalue weighted by atomic mass is 10.0. The number of sulfone groups is 1. The summed E-state index contributed by atoms with van der Waals surface area (Å²) in [6.45, 7) is 6.85. The molecule has 0 bridgehead atoms. The number of likely N-dealkylation sites (tertiary alicyclic amines) is 1. The maximum atomic E-state index is 13.1. The molecule has 0 aromatic carbocycles. The first-order valence-electron chi connectivity index (χ1n) is 9.02. The fourth-order valence-corrected chi connectivity index (χ4v) is 6.77. The Hall–Kier alpha value is -0.620. The quantitative estimate of drug-likeness (QED) is 0.826. The monoisotopic (exact) mass is 344 g/mol. The number of rotatable bonds is 5. The van der Waals surface area contributed by atoms with Gasteiger partial charge >= 0.3 is 0 Å². The molecule has 1 heterocycles. The normalized spacial score (nSPS) is 28.3. The van der Waals surface area contributed by atoms with Crippen molar-refractivity contribution < 1.29 is 13.2 Å². The number of carbonyl (C=O) groups is 1. The average molecular weight is 345 g/mol. The molecular formula is C17H32N2O3S. The Morgan fingerprint density at radius 3 is 2.30 bits per heavy atom. The maximum absolute atomic E-state index is 13.1. The van der Waals surface area contributed by atoms with E-state index >= 15 is 0 Å². The highest BCUT2D eigenvalue weighted by atomic mass is 32.2. The van der Waals surface area contributed by atoms with Gasteiger partial charge in [0.15, 0.2) is 9.84 Å². The zero-order chi connectivity index (χ0) is 17.2. The Bertz CT molecular complexity index is 512. The van der Waals surface area contributed by atoms with Gasteiger partial charge in [-0.25, -0.2) is 8.42 Å². The third-order valence-electron chi connectivity index (χ3n) is 5.50. The van der Waals surface area contributed by atoms with E-state index in [1.165, 1.54) is 0 Å². The van der Waals surface area contributed by atoms with Crippen LogP contribution in [0.25, 0.3) is 0 Å². The van der Waals surface area contributed by atoms with Crippen LogP contribution in [0.3, 0.4) is 0 Å². The van der Waals surface area contributed by atoms with Crippen LogP contribution in [0, 0.1) is 11.8 Å². The zero-order valence-corrected chi connectivity index (χ0v) is 15.5. The molecule has 5 nitrogen and oxygen atoms in total. The summed E-state index contributed by atoms with van der Waals surface area (Å²) in [4.78, 5) is 14.8. The van der Waals surface area contributed by atoms with Gasteiger partial charge in [0.1, 0.15) is 5.25 Å². The fraction of sp³-hybridized carbons (Fsp3) is 0.941. The van der Waals surface area contributed by atoms with Crippen LogP contribution in [0.5, 0.6) is 0 Å². The first-order chi connectivity index (χ1) is 10.8. The molecule has 3 atom stereocenters. The summed E-state index contributed by atoms with van der Waals surface area (Å²) >= 11 is 0. The highest BCUT2D eigenvalue weighted by Gasteiger charge is 2.45. The zero-order valence-electron chi connectivity index (χ0n) is 14.7. The maximum Gasteiger partial charge on any atom is 0.241 e. The topological polar surface area (TPSA) is 80.5 Å². The molecule has 0 radical (unpaired) electrons. The molecule has 134 valence electrons. The van der Waals surface area contributed by atoms with Crippen LogP contribution in [0.1, 0.15) is 59.3 Å². The Morgan fingerprint density at radius 2 is 1.83 bits per heavy atom. The van der Waals surface area contributed by atoms with E-state index < -0.39 is 15.1 Å². The molecule has 1 saturated heterocycles. The summed E-state index contributed by atoms with van der Waals surface area (Å²) in [5.41, 5.74) is 5.74. The number of hydrogen-bond donors (Lipinski definition) is 1. The summed E-state index contributed by atoms with van der Waals surface area (Å²) < 4.78 is 26.2. The molecule has 2 rings (SSSR count). The molecule has 0 aromatic heterocycles. The van der Waals surface area contributed by atoms with Gasteiger partial charge in [0.2, 0.25) is 5.91 Å². The number of hydrogen-bond acceptors (Lipinski definition) is 4. The van der Waals surface area contributed by atoms with Crippen LogP contribution >= 0.6 is 0 Å². The van der Waals surface area contributed by atoms with Crippen LogP contribution in [0.2, 0.25) is 0 Å². The van der Waals surface area contributed by atoms with Crippen LogP contribution in [0.4, 0.5) is 0 Å². The Labute approximate surface area is 140 Å². The van der Waals surface area contributed by atoms with Gasteiger partial charge < -0.3 is 10.6 Å². The molecule has 0 aromatic rings. The van der Waals surface area contributed by atoms with E-state index in [1.807, 2.05) is 20.8 Å². The molecule has 2 fully saturated rings. The van der Waals surface area contributed by atoms with Crippen LogP contribution < -0.4 is 5.73 Å². The summed E-state index contributed by atoms with van der Waals surface area (Å²) in [5.74, 6) is -0.105. The van der Waals surface area contributed by atoms with E-state index in [2.05, 4.69) is 0 Å². The van der Waals surface area contributed by atoms with Gasteiger partial charge in [-0.15, -0.1) is 0 Å². The number of nitrogens with zero attached hydrogens (tertiary/aromatic N) is 1. The minimum Gasteiger partial charge on any atom is -0.339 e. The van der Waals surface area contributed by atoms with Gasteiger partial charge in [-0.2, -0.15) is 0 Å². The molecule has 1 aliphatic carbocycles. The number of amides is 1. The lowest BCUT2D eigenvalue weighted by Crippen LogP contribution is -2.50. The van der Waals surface area contributed by atoms with Crippen molar-refractivity contribution >= 4 is 15.7 Å². The smallest absolute Gasteiger partial charge is 0.241 e. The van der Waals surface area contributed by atoms with E-state index in [4.69, 9.17) is 5.73 Å². The summed E-state index contributed by atoms with van der Waals surface area (Å²) in [5, 5.41) is -1.24. The molecule has 23 heavy (non-hydrogen) atoms. The van der Waals surface area contributed by atoms with Crippen molar-refractivity contribution in [3.63, 3.8) is 0 Å². The van der Waals surface area contributed by atoms with Gasteiger partial charge in [-0.3, -0.25) is 4.79 Å². The van der Waals surface area contributed by atoms with E-state index in [-0.39, 0.29) is 23.1 Å². The third kappa shape index (κ3) is 3.90. The second kappa shape index (κ2) is 7.51. The largest absolute Gasteiger partial charge is 0.339 e. The van der Waals surface area contributed by atoms with Crippen LogP contribution in [-0.2, 0) is 14.6 Å². The van der Waals surface area contributed by atoms with Crippen molar-refractivity contribution in [3.05, 3.63) is 0 Å². The first kappa shape index (κ1) is 18.7. The van der Waals surface area contributed by atoms with Crippen molar-refractivity contribution in [1.82, 2.24) is 4.90 Å². The average Bonchev–Trinajstić information content (AvgIpc) is 2.88. The molecule has 0 spiro atoms. The Balaban J connectivity index is 2.22. The number of nitrogens with two attached hydrogens (primary N) is 1.